The molecule has 1 aliphatic carbocycles. The van der Waals surface area contributed by atoms with Gasteiger partial charge in [-0.15, -0.1) is 0 Å². The van der Waals surface area contributed by atoms with Crippen molar-refractivity contribution in [2.24, 2.45) is 0 Å². The highest BCUT2D eigenvalue weighted by atomic mass is 15.1. The molecule has 0 atom stereocenters. The Bertz CT molecular complexity index is 1550. The number of rotatable bonds is 7. The van der Waals surface area contributed by atoms with Gasteiger partial charge in [-0.2, -0.15) is 0 Å². The van der Waals surface area contributed by atoms with E-state index in [1.807, 2.05) is 6.07 Å². The highest BCUT2D eigenvalue weighted by Crippen LogP contribution is 2.35. The summed E-state index contributed by atoms with van der Waals surface area (Å²) in [6.07, 6.45) is 8.71. The lowest BCUT2D eigenvalue weighted by molar-refractivity contribution is 0.918. The molecule has 0 aliphatic heterocycles. The zero-order chi connectivity index (χ0) is 25.6. The van der Waals surface area contributed by atoms with Crippen LogP contribution >= 0.6 is 0 Å². The first-order valence-electron chi connectivity index (χ1n) is 13.2. The van der Waals surface area contributed by atoms with Crippen LogP contribution in [0.2, 0.25) is 0 Å². The normalized spacial score (nSPS) is 12.6. The molecule has 2 nitrogen and oxygen atoms in total. The molecule has 38 heavy (non-hydrogen) atoms. The van der Waals surface area contributed by atoms with Crippen LogP contribution in [-0.4, -0.2) is 0 Å². The summed E-state index contributed by atoms with van der Waals surface area (Å²) in [7, 11) is 0. The molecule has 0 heterocycles. The minimum Gasteiger partial charge on any atom is -0.356 e. The predicted molar refractivity (Wildman–Crippen MR) is 162 cm³/mol. The highest BCUT2D eigenvalue weighted by molar-refractivity contribution is 5.75. The van der Waals surface area contributed by atoms with Crippen molar-refractivity contribution in [1.82, 2.24) is 0 Å². The van der Waals surface area contributed by atoms with Gasteiger partial charge in [-0.05, 0) is 89.7 Å². The van der Waals surface area contributed by atoms with Crippen molar-refractivity contribution in [3.05, 3.63) is 157 Å². The summed E-state index contributed by atoms with van der Waals surface area (Å²) in [4.78, 5) is 2.37. The molecule has 1 aliphatic rings. The quantitative estimate of drug-likeness (QED) is 0.244. The van der Waals surface area contributed by atoms with Crippen LogP contribution in [0.1, 0.15) is 12.8 Å². The fourth-order valence-electron chi connectivity index (χ4n) is 4.96. The number of hydrogen-bond acceptors (Lipinski definition) is 2. The number of benzene rings is 5. The fourth-order valence-corrected chi connectivity index (χ4v) is 4.96. The van der Waals surface area contributed by atoms with Crippen molar-refractivity contribution in [3.8, 4) is 22.3 Å². The van der Waals surface area contributed by atoms with E-state index in [4.69, 9.17) is 0 Å². The van der Waals surface area contributed by atoms with Gasteiger partial charge >= 0.3 is 0 Å². The summed E-state index contributed by atoms with van der Waals surface area (Å²) in [6.45, 7) is 0. The van der Waals surface area contributed by atoms with E-state index in [9.17, 15) is 0 Å². The molecule has 6 rings (SSSR count). The lowest BCUT2D eigenvalue weighted by Crippen LogP contribution is -2.17. The van der Waals surface area contributed by atoms with E-state index >= 15 is 0 Å². The minimum absolute atomic E-state index is 1.02. The average molecular weight is 491 g/mol. The molecule has 5 aromatic rings. The predicted octanol–water partition coefficient (Wildman–Crippen LogP) is 10.1. The third-order valence-electron chi connectivity index (χ3n) is 6.90. The second kappa shape index (κ2) is 11.1. The van der Waals surface area contributed by atoms with Gasteiger partial charge in [0.2, 0.25) is 0 Å². The molecule has 0 radical (unpaired) electrons. The van der Waals surface area contributed by atoms with E-state index < -0.39 is 0 Å². The Kier molecular flexibility index (Phi) is 6.86. The number of allylic oxidation sites excluding steroid dienone is 4. The van der Waals surface area contributed by atoms with Crippen LogP contribution in [0.5, 0.6) is 0 Å². The molecule has 0 saturated heterocycles. The molecule has 0 aromatic heterocycles. The van der Waals surface area contributed by atoms with Crippen molar-refractivity contribution in [3.63, 3.8) is 0 Å². The topological polar surface area (TPSA) is 15.3 Å². The average Bonchev–Trinajstić information content (AvgIpc) is 3.00. The van der Waals surface area contributed by atoms with E-state index in [-0.39, 0.29) is 0 Å². The highest BCUT2D eigenvalue weighted by Gasteiger charge is 2.16. The van der Waals surface area contributed by atoms with Gasteiger partial charge < -0.3 is 10.2 Å². The second-order valence-electron chi connectivity index (χ2n) is 9.49. The summed E-state index contributed by atoms with van der Waals surface area (Å²) in [5, 5.41) is 3.58. The number of hydrogen-bond donors (Lipinski definition) is 1. The van der Waals surface area contributed by atoms with E-state index in [1.165, 1.54) is 33.6 Å². The van der Waals surface area contributed by atoms with Crippen LogP contribution in [0.3, 0.4) is 0 Å². The molecule has 0 amide bonds. The van der Waals surface area contributed by atoms with Gasteiger partial charge in [0.25, 0.3) is 0 Å². The van der Waals surface area contributed by atoms with Crippen LogP contribution in [0.25, 0.3) is 22.3 Å². The van der Waals surface area contributed by atoms with Crippen molar-refractivity contribution >= 4 is 22.7 Å². The van der Waals surface area contributed by atoms with Gasteiger partial charge in [0, 0.05) is 28.4 Å². The lowest BCUT2D eigenvalue weighted by atomic mass is 10.0. The van der Waals surface area contributed by atoms with Gasteiger partial charge in [0.05, 0.1) is 0 Å². The Balaban J connectivity index is 1.26. The van der Waals surface area contributed by atoms with E-state index in [0.29, 0.717) is 0 Å². The maximum absolute atomic E-state index is 3.58. The maximum Gasteiger partial charge on any atom is 0.0459 e. The molecular weight excluding hydrogens is 460 g/mol. The standard InChI is InChI=1S/C36H30N2/c1-4-11-28(12-5-1)30-19-23-35(24-20-30)38(34-17-8-3-9-18-34)36-25-21-32(22-26-36)37-33-16-10-15-31(27-33)29-13-6-2-7-14-29/h1-8,10-17,19-27,37H,9,18H2. The van der Waals surface area contributed by atoms with Gasteiger partial charge in [-0.25, -0.2) is 0 Å². The maximum atomic E-state index is 3.58. The summed E-state index contributed by atoms with van der Waals surface area (Å²) < 4.78 is 0. The summed E-state index contributed by atoms with van der Waals surface area (Å²) in [5.74, 6) is 0. The SMILES string of the molecule is C1=CCCC(N(c2ccc(Nc3cccc(-c4ccccc4)c3)cc2)c2ccc(-c3ccccc3)cc2)=C1. The Morgan fingerprint density at radius 1 is 0.500 bits per heavy atom. The van der Waals surface area contributed by atoms with Crippen LogP contribution < -0.4 is 10.2 Å². The van der Waals surface area contributed by atoms with Crippen molar-refractivity contribution < 1.29 is 0 Å². The van der Waals surface area contributed by atoms with Gasteiger partial charge in [-0.3, -0.25) is 0 Å². The smallest absolute Gasteiger partial charge is 0.0459 e. The number of nitrogens with one attached hydrogen (secondary N) is 1. The molecule has 0 saturated carbocycles. The van der Waals surface area contributed by atoms with Gasteiger partial charge in [-0.1, -0.05) is 97.1 Å². The molecule has 184 valence electrons. The zero-order valence-corrected chi connectivity index (χ0v) is 21.3. The Morgan fingerprint density at radius 2 is 1.08 bits per heavy atom. The van der Waals surface area contributed by atoms with Crippen LogP contribution in [0.4, 0.5) is 22.7 Å². The van der Waals surface area contributed by atoms with E-state index in [2.05, 4.69) is 156 Å². The molecule has 0 bridgehead atoms. The summed E-state index contributed by atoms with van der Waals surface area (Å²) in [6, 6.07) is 47.2. The number of anilines is 4. The van der Waals surface area contributed by atoms with E-state index in [1.54, 1.807) is 0 Å². The summed E-state index contributed by atoms with van der Waals surface area (Å²) >= 11 is 0. The molecular formula is C36H30N2. The van der Waals surface area contributed by atoms with Gasteiger partial charge in [0.15, 0.2) is 0 Å². The van der Waals surface area contributed by atoms with Crippen LogP contribution in [-0.2, 0) is 0 Å². The zero-order valence-electron chi connectivity index (χ0n) is 21.3. The Hall–Kier alpha value is -4.82. The van der Waals surface area contributed by atoms with E-state index in [0.717, 1.165) is 29.9 Å². The van der Waals surface area contributed by atoms with Crippen molar-refractivity contribution in [1.29, 1.82) is 0 Å². The third kappa shape index (κ3) is 5.30. The van der Waals surface area contributed by atoms with Crippen molar-refractivity contribution in [2.75, 3.05) is 10.2 Å². The largest absolute Gasteiger partial charge is 0.356 e. The van der Waals surface area contributed by atoms with Crippen LogP contribution in [0.15, 0.2) is 157 Å². The molecule has 1 N–H and O–H groups in total. The third-order valence-corrected chi connectivity index (χ3v) is 6.90. The van der Waals surface area contributed by atoms with Crippen molar-refractivity contribution in [2.45, 2.75) is 12.8 Å². The first-order chi connectivity index (χ1) is 18.8. The first kappa shape index (κ1) is 23.6. The van der Waals surface area contributed by atoms with Gasteiger partial charge in [0.1, 0.15) is 0 Å². The lowest BCUT2D eigenvalue weighted by Gasteiger charge is -2.29. The monoisotopic (exact) mass is 490 g/mol. The first-order valence-corrected chi connectivity index (χ1v) is 13.2. The summed E-state index contributed by atoms with van der Waals surface area (Å²) in [5.41, 5.74) is 10.6. The molecule has 0 fully saturated rings. The Labute approximate surface area is 225 Å². The minimum atomic E-state index is 1.02. The Morgan fingerprint density at radius 3 is 1.71 bits per heavy atom. The number of nitrogens with zero attached hydrogens (tertiary/aromatic N) is 1. The molecule has 2 heteroatoms. The molecule has 0 unspecified atom stereocenters. The second-order valence-corrected chi connectivity index (χ2v) is 9.49. The fraction of sp³-hybridized carbons (Fsp3) is 0.0556. The molecule has 0 spiro atoms. The van der Waals surface area contributed by atoms with Crippen LogP contribution in [0, 0.1) is 0 Å². The molecule has 5 aromatic carbocycles.